The van der Waals surface area contributed by atoms with E-state index in [1.807, 2.05) is 18.2 Å². The van der Waals surface area contributed by atoms with Crippen LogP contribution in [-0.4, -0.2) is 15.0 Å². The fourth-order valence-corrected chi connectivity index (χ4v) is 2.13. The normalized spacial score (nSPS) is 10.5. The minimum Gasteiger partial charge on any atom is -0.364 e. The lowest BCUT2D eigenvalue weighted by Gasteiger charge is -2.10. The molecule has 24 heavy (non-hydrogen) atoms. The van der Waals surface area contributed by atoms with Gasteiger partial charge in [0.1, 0.15) is 29.1 Å². The van der Waals surface area contributed by atoms with Crippen molar-refractivity contribution in [2.45, 2.75) is 13.5 Å². The summed E-state index contributed by atoms with van der Waals surface area (Å²) in [6, 6.07) is 10.6. The summed E-state index contributed by atoms with van der Waals surface area (Å²) < 4.78 is 26.7. The molecule has 0 spiro atoms. The van der Waals surface area contributed by atoms with E-state index in [1.54, 1.807) is 19.2 Å². The number of pyridine rings is 1. The van der Waals surface area contributed by atoms with Crippen LogP contribution >= 0.6 is 0 Å². The second-order valence-electron chi connectivity index (χ2n) is 5.11. The second kappa shape index (κ2) is 6.99. The third-order valence-electron chi connectivity index (χ3n) is 3.21. The first kappa shape index (κ1) is 15.8. The molecule has 2 aromatic heterocycles. The summed E-state index contributed by atoms with van der Waals surface area (Å²) in [5.74, 6) is 0.199. The molecule has 0 bridgehead atoms. The van der Waals surface area contributed by atoms with Gasteiger partial charge in [-0.1, -0.05) is 6.07 Å². The van der Waals surface area contributed by atoms with Gasteiger partial charge in [0.2, 0.25) is 0 Å². The van der Waals surface area contributed by atoms with Gasteiger partial charge in [0.05, 0.1) is 17.9 Å². The van der Waals surface area contributed by atoms with Gasteiger partial charge in [0.25, 0.3) is 0 Å². The first-order valence-corrected chi connectivity index (χ1v) is 7.32. The van der Waals surface area contributed by atoms with Crippen LogP contribution in [0.3, 0.4) is 0 Å². The Morgan fingerprint density at radius 1 is 1.00 bits per heavy atom. The zero-order valence-corrected chi connectivity index (χ0v) is 12.9. The lowest BCUT2D eigenvalue weighted by molar-refractivity contribution is 0.586. The van der Waals surface area contributed by atoms with Gasteiger partial charge in [-0.2, -0.15) is 0 Å². The highest BCUT2D eigenvalue weighted by Crippen LogP contribution is 2.21. The van der Waals surface area contributed by atoms with Crippen LogP contribution in [0.15, 0.2) is 48.7 Å². The lowest BCUT2D eigenvalue weighted by atomic mass is 10.3. The number of halogens is 2. The van der Waals surface area contributed by atoms with Crippen molar-refractivity contribution in [2.24, 2.45) is 0 Å². The quantitative estimate of drug-likeness (QED) is 0.746. The first-order chi connectivity index (χ1) is 11.6. The Labute approximate surface area is 137 Å². The van der Waals surface area contributed by atoms with E-state index in [0.29, 0.717) is 24.0 Å². The maximum Gasteiger partial charge on any atom is 0.149 e. The number of anilines is 3. The molecule has 1 aromatic carbocycles. The molecule has 2 heterocycles. The topological polar surface area (TPSA) is 62.7 Å². The van der Waals surface area contributed by atoms with E-state index in [9.17, 15) is 8.78 Å². The van der Waals surface area contributed by atoms with E-state index in [0.717, 1.165) is 11.8 Å². The van der Waals surface area contributed by atoms with Gasteiger partial charge < -0.3 is 10.6 Å². The molecule has 7 heteroatoms. The fraction of sp³-hybridized carbons (Fsp3) is 0.118. The van der Waals surface area contributed by atoms with Crippen LogP contribution in [-0.2, 0) is 6.54 Å². The monoisotopic (exact) mass is 327 g/mol. The molecule has 0 aliphatic carbocycles. The number of benzene rings is 1. The smallest absolute Gasteiger partial charge is 0.149 e. The maximum absolute atomic E-state index is 13.7. The average molecular weight is 327 g/mol. The molecule has 0 unspecified atom stereocenters. The van der Waals surface area contributed by atoms with Crippen molar-refractivity contribution < 1.29 is 8.78 Å². The predicted octanol–water partition coefficient (Wildman–Crippen LogP) is 3.81. The molecule has 122 valence electrons. The van der Waals surface area contributed by atoms with Crippen LogP contribution < -0.4 is 10.6 Å². The van der Waals surface area contributed by atoms with Gasteiger partial charge >= 0.3 is 0 Å². The minimum absolute atomic E-state index is 0.144. The Morgan fingerprint density at radius 2 is 1.83 bits per heavy atom. The molecule has 2 N–H and O–H groups in total. The number of nitrogens with zero attached hydrogens (tertiary/aromatic N) is 3. The molecule has 3 rings (SSSR count). The summed E-state index contributed by atoms with van der Waals surface area (Å²) in [5.41, 5.74) is 1.01. The second-order valence-corrected chi connectivity index (χ2v) is 5.11. The zero-order valence-electron chi connectivity index (χ0n) is 12.9. The van der Waals surface area contributed by atoms with Crippen molar-refractivity contribution >= 4 is 17.3 Å². The molecule has 0 aliphatic rings. The van der Waals surface area contributed by atoms with Crippen LogP contribution in [0.4, 0.5) is 26.1 Å². The molecule has 0 atom stereocenters. The summed E-state index contributed by atoms with van der Waals surface area (Å²) in [5, 5.41) is 5.97. The van der Waals surface area contributed by atoms with E-state index in [2.05, 4.69) is 25.6 Å². The van der Waals surface area contributed by atoms with Gasteiger partial charge in [0, 0.05) is 18.3 Å². The van der Waals surface area contributed by atoms with E-state index in [1.165, 1.54) is 12.1 Å². The number of aryl methyl sites for hydroxylation is 1. The standard InChI is InChI=1S/C17H15F2N5/c1-11-22-16(21-10-13-4-2-3-7-20-13)9-17(23-11)24-15-6-5-12(18)8-14(15)19/h2-9H,10H2,1H3,(H2,21,22,23,24). The highest BCUT2D eigenvalue weighted by Gasteiger charge is 2.07. The molecular formula is C17H15F2N5. The molecule has 0 amide bonds. The number of hydrogen-bond donors (Lipinski definition) is 2. The highest BCUT2D eigenvalue weighted by atomic mass is 19.1. The van der Waals surface area contributed by atoms with E-state index in [4.69, 9.17) is 0 Å². The van der Waals surface area contributed by atoms with E-state index < -0.39 is 11.6 Å². The third kappa shape index (κ3) is 4.01. The Hall–Kier alpha value is -3.09. The number of aromatic nitrogens is 3. The molecule has 0 saturated heterocycles. The first-order valence-electron chi connectivity index (χ1n) is 7.32. The largest absolute Gasteiger partial charge is 0.364 e. The lowest BCUT2D eigenvalue weighted by Crippen LogP contribution is -2.06. The molecule has 0 aliphatic heterocycles. The van der Waals surface area contributed by atoms with Gasteiger partial charge in [-0.3, -0.25) is 4.98 Å². The third-order valence-corrected chi connectivity index (χ3v) is 3.21. The molecular weight excluding hydrogens is 312 g/mol. The van der Waals surface area contributed by atoms with E-state index in [-0.39, 0.29) is 5.69 Å². The van der Waals surface area contributed by atoms with Crippen LogP contribution in [0.25, 0.3) is 0 Å². The Bertz CT molecular complexity index is 840. The Morgan fingerprint density at radius 3 is 2.58 bits per heavy atom. The van der Waals surface area contributed by atoms with Crippen molar-refractivity contribution in [1.82, 2.24) is 15.0 Å². The predicted molar refractivity (Wildman–Crippen MR) is 88.0 cm³/mol. The Balaban J connectivity index is 1.76. The summed E-state index contributed by atoms with van der Waals surface area (Å²) in [6.45, 7) is 2.24. The molecule has 0 radical (unpaired) electrons. The van der Waals surface area contributed by atoms with Crippen LogP contribution in [0.1, 0.15) is 11.5 Å². The highest BCUT2D eigenvalue weighted by molar-refractivity contribution is 5.59. The zero-order chi connectivity index (χ0) is 16.9. The van der Waals surface area contributed by atoms with Crippen LogP contribution in [0.5, 0.6) is 0 Å². The van der Waals surface area contributed by atoms with E-state index >= 15 is 0 Å². The minimum atomic E-state index is -0.686. The molecule has 3 aromatic rings. The summed E-state index contributed by atoms with van der Waals surface area (Å²) in [7, 11) is 0. The van der Waals surface area contributed by atoms with Crippen molar-refractivity contribution in [1.29, 1.82) is 0 Å². The summed E-state index contributed by atoms with van der Waals surface area (Å²) in [4.78, 5) is 12.7. The fourth-order valence-electron chi connectivity index (χ4n) is 2.13. The van der Waals surface area contributed by atoms with Crippen molar-refractivity contribution in [3.05, 3.63) is 71.8 Å². The summed E-state index contributed by atoms with van der Waals surface area (Å²) in [6.07, 6.45) is 1.71. The molecule has 0 fully saturated rings. The van der Waals surface area contributed by atoms with Gasteiger partial charge in [-0.15, -0.1) is 0 Å². The van der Waals surface area contributed by atoms with Gasteiger partial charge in [-0.05, 0) is 31.2 Å². The molecule has 5 nitrogen and oxygen atoms in total. The van der Waals surface area contributed by atoms with Crippen LogP contribution in [0.2, 0.25) is 0 Å². The maximum atomic E-state index is 13.7. The van der Waals surface area contributed by atoms with Crippen molar-refractivity contribution in [2.75, 3.05) is 10.6 Å². The van der Waals surface area contributed by atoms with Crippen molar-refractivity contribution in [3.63, 3.8) is 0 Å². The average Bonchev–Trinajstić information content (AvgIpc) is 2.56. The van der Waals surface area contributed by atoms with Gasteiger partial charge in [-0.25, -0.2) is 18.7 Å². The SMILES string of the molecule is Cc1nc(NCc2ccccn2)cc(Nc2ccc(F)cc2F)n1. The number of rotatable bonds is 5. The van der Waals surface area contributed by atoms with Crippen molar-refractivity contribution in [3.8, 4) is 0 Å². The van der Waals surface area contributed by atoms with Crippen LogP contribution in [0, 0.1) is 18.6 Å². The Kier molecular flexibility index (Phi) is 4.60. The molecule has 0 saturated carbocycles. The summed E-state index contributed by atoms with van der Waals surface area (Å²) >= 11 is 0. The number of hydrogen-bond acceptors (Lipinski definition) is 5. The number of nitrogens with one attached hydrogen (secondary N) is 2. The van der Waals surface area contributed by atoms with Gasteiger partial charge in [0.15, 0.2) is 0 Å².